The van der Waals surface area contributed by atoms with E-state index >= 15 is 0 Å². The van der Waals surface area contributed by atoms with Crippen LogP contribution in [-0.2, 0) is 71.9 Å². The normalized spacial score (nSPS) is 21.0. The lowest BCUT2D eigenvalue weighted by Gasteiger charge is -2.29. The van der Waals surface area contributed by atoms with Gasteiger partial charge in [-0.1, -0.05) is 51.1 Å². The molecule has 5 N–H and O–H groups in total. The Hall–Kier alpha value is -8.77. The Balaban J connectivity index is 0.00000135. The predicted molar refractivity (Wildman–Crippen MR) is 492 cm³/mol. The van der Waals surface area contributed by atoms with Gasteiger partial charge in [-0.25, -0.2) is 0 Å². The molecule has 0 saturated carbocycles. The minimum absolute atomic E-state index is 0.179. The molecule has 0 aromatic heterocycles. The molecule has 4 unspecified atom stereocenters. The number of carbonyl (C=O) groups is 15. The number of aliphatic hydroxyl groups excluding tert-OH is 4. The molecule has 1 aromatic rings. The van der Waals surface area contributed by atoms with Crippen molar-refractivity contribution in [3.63, 3.8) is 0 Å². The van der Waals surface area contributed by atoms with E-state index in [1.807, 2.05) is 63.7 Å². The number of hydrogen-bond donors (Lipinski definition) is 5. The predicted octanol–water partition coefficient (Wildman–Crippen LogP) is 3.38. The third-order valence-electron chi connectivity index (χ3n) is 23.3. The summed E-state index contributed by atoms with van der Waals surface area (Å²) < 4.78 is 0. The van der Waals surface area contributed by atoms with Gasteiger partial charge in [0, 0.05) is 210 Å². The van der Waals surface area contributed by atoms with Crippen LogP contribution in [0.4, 0.5) is 0 Å². The highest BCUT2D eigenvalue weighted by Gasteiger charge is 2.23. The fraction of sp³-hybridized carbons (Fsp3) is 0.772. The van der Waals surface area contributed by atoms with Crippen molar-refractivity contribution in [1.29, 1.82) is 0 Å². The van der Waals surface area contributed by atoms with E-state index in [0.29, 0.717) is 75.2 Å². The van der Waals surface area contributed by atoms with E-state index in [1.165, 1.54) is 82.6 Å². The molecule has 127 heavy (non-hydrogen) atoms. The number of hydrogen-bond acceptors (Lipinski definition) is 21. The SMILES string of the molecule is CC1CCCN(C=O)C1.CC1CCCN(C=O)C1.CC1CCN(C=O)CC1.CN(C)CCCNC=O.CN(C)CCN(C)C=O.O=CN1CCC(=O)CC1.O=CN1CCC(CO)CC1.O=CN1CCC(O)CC1.O=CN1CCC(c2ccccc2)CC1.O=CN1CCC1.O=CN1CCCC(CO)C1.O=CN1CCCC(O)C1.O=CN1CCCC1.O=CN1CCCCC1. The molecule has 0 radical (unpaired) electrons. The number of benzene rings is 1. The molecule has 0 bridgehead atoms. The highest BCUT2D eigenvalue weighted by Crippen LogP contribution is 2.27. The summed E-state index contributed by atoms with van der Waals surface area (Å²) in [6, 6.07) is 10.6. The molecular formula is C92H166N16O19. The average molecular weight is 1800 g/mol. The first-order valence-electron chi connectivity index (χ1n) is 46.4. The molecule has 12 fully saturated rings. The van der Waals surface area contributed by atoms with Gasteiger partial charge in [0.05, 0.1) is 12.2 Å². The lowest BCUT2D eigenvalue weighted by atomic mass is 9.90. The van der Waals surface area contributed by atoms with Crippen LogP contribution >= 0.6 is 0 Å². The summed E-state index contributed by atoms with van der Waals surface area (Å²) in [6.45, 7) is 31.3. The van der Waals surface area contributed by atoms with Crippen LogP contribution in [0.3, 0.4) is 0 Å². The second-order valence-corrected chi connectivity index (χ2v) is 35.0. The minimum atomic E-state index is -0.288. The first kappa shape index (κ1) is 118. The van der Waals surface area contributed by atoms with Crippen LogP contribution in [-0.4, -0.2) is 433 Å². The van der Waals surface area contributed by atoms with Crippen molar-refractivity contribution >= 4 is 95.5 Å². The summed E-state index contributed by atoms with van der Waals surface area (Å²) in [5.74, 6) is 3.91. The van der Waals surface area contributed by atoms with Gasteiger partial charge in [0.25, 0.3) is 0 Å². The van der Waals surface area contributed by atoms with Gasteiger partial charge in [0.1, 0.15) is 5.78 Å². The number of likely N-dealkylation sites (tertiary alicyclic amines) is 12. The lowest BCUT2D eigenvalue weighted by molar-refractivity contribution is -0.126. The summed E-state index contributed by atoms with van der Waals surface area (Å²) in [4.78, 5) is 179. The summed E-state index contributed by atoms with van der Waals surface area (Å²) in [7, 11) is 9.77. The third-order valence-corrected chi connectivity index (χ3v) is 23.3. The molecule has 0 aliphatic carbocycles. The van der Waals surface area contributed by atoms with Crippen molar-refractivity contribution in [2.24, 2.45) is 29.6 Å². The summed E-state index contributed by atoms with van der Waals surface area (Å²) in [5.41, 5.74) is 1.41. The highest BCUT2D eigenvalue weighted by molar-refractivity contribution is 5.80. The number of likely N-dealkylation sites (N-methyl/N-ethyl adjacent to an activating group) is 2. The Morgan fingerprint density at radius 2 is 0.677 bits per heavy atom. The molecule has 12 aliphatic heterocycles. The second kappa shape index (κ2) is 79.4. The number of nitrogens with one attached hydrogen (secondary N) is 1. The van der Waals surface area contributed by atoms with Crippen LogP contribution in [0, 0.1) is 29.6 Å². The smallest absolute Gasteiger partial charge is 0.209 e. The van der Waals surface area contributed by atoms with Gasteiger partial charge in [0.2, 0.25) is 89.7 Å². The summed E-state index contributed by atoms with van der Waals surface area (Å²) >= 11 is 0. The number of aliphatic hydroxyl groups is 4. The van der Waals surface area contributed by atoms with Crippen molar-refractivity contribution in [1.82, 2.24) is 78.8 Å². The molecule has 0 spiro atoms. The van der Waals surface area contributed by atoms with Gasteiger partial charge in [-0.05, 0) is 223 Å². The standard InChI is InChI=1S/C12H15NO.2C7H13NO2.3C7H13NO.2C6H14N2O.C6H11NO2.C6H9NO2.C6H11NO2.C6H11NO.C5H9NO.C4H7NO/c14-10-13-8-6-12(7-9-13)11-4-2-1-3-5-11;9-5-7-1-3-8(6-10)4-2-7;9-5-7-2-1-3-8(4-7)6-10;1-7-2-4-8(6-9)5-3-7;2*1-7-3-2-4-8(5-7)6-9;1-7(2)4-5-8(3)6-9;1-8(2)5-3-4-7-6-9;2*8-5-7-3-1-6(9)2-4-7;8-5-7-3-1-2-6(9)4-7;8-6-7-4-2-1-3-5-7;7-5-6-3-1-2-4-6;6-4-5-2-1-3-5/h1-5,10,12H,6-9H2;2*6-7,9H,1-5H2;3*6-7H,2-5H2,1H3;6H,4-5H2,1-3H3;6H,3-5H2,1-2H3,(H,7,9);5-6,9H,1-4H2;5H,1-4H2;5-6,9H,1-4H2;6H,1-5H2;5H,1-4H2;4H,1-3H2. The Bertz CT molecular complexity index is 2840. The lowest BCUT2D eigenvalue weighted by Crippen LogP contribution is -2.36. The van der Waals surface area contributed by atoms with E-state index in [9.17, 15) is 71.9 Å². The summed E-state index contributed by atoms with van der Waals surface area (Å²) in [6.07, 6.45) is 37.9. The van der Waals surface area contributed by atoms with Crippen molar-refractivity contribution in [3.05, 3.63) is 35.9 Å². The van der Waals surface area contributed by atoms with E-state index in [0.717, 1.165) is 317 Å². The van der Waals surface area contributed by atoms with Crippen LogP contribution in [0.25, 0.3) is 0 Å². The summed E-state index contributed by atoms with van der Waals surface area (Å²) in [5, 5.41) is 38.1. The maximum absolute atomic E-state index is 10.6. The Kier molecular flexibility index (Phi) is 73.9. The van der Waals surface area contributed by atoms with E-state index in [2.05, 4.69) is 55.3 Å². The molecule has 35 nitrogen and oxygen atoms in total. The van der Waals surface area contributed by atoms with Crippen LogP contribution in [0.15, 0.2) is 30.3 Å². The number of Topliss-reactive ketones (excluding diaryl/α,β-unsaturated/α-hetero) is 1. The van der Waals surface area contributed by atoms with Crippen molar-refractivity contribution < 1.29 is 92.3 Å². The molecule has 14 amide bonds. The van der Waals surface area contributed by atoms with E-state index < -0.39 is 0 Å². The molecule has 12 aliphatic rings. The van der Waals surface area contributed by atoms with Crippen LogP contribution < -0.4 is 5.32 Å². The average Bonchev–Trinajstić information content (AvgIpc) is 1.24. The molecule has 12 saturated heterocycles. The first-order chi connectivity index (χ1) is 61.3. The van der Waals surface area contributed by atoms with Crippen LogP contribution in [0.2, 0.25) is 0 Å². The van der Waals surface area contributed by atoms with Gasteiger partial charge in [-0.15, -0.1) is 0 Å². The van der Waals surface area contributed by atoms with Gasteiger partial charge in [-0.3, -0.25) is 71.9 Å². The molecule has 728 valence electrons. The van der Waals surface area contributed by atoms with Gasteiger partial charge < -0.3 is 99.2 Å². The van der Waals surface area contributed by atoms with Crippen LogP contribution in [0.5, 0.6) is 0 Å². The Morgan fingerprint density at radius 1 is 0.331 bits per heavy atom. The maximum atomic E-state index is 10.6. The van der Waals surface area contributed by atoms with E-state index in [4.69, 9.17) is 20.4 Å². The molecule has 35 heteroatoms. The number of rotatable bonds is 24. The molecule has 12 heterocycles. The number of nitrogens with zero attached hydrogens (tertiary/aromatic N) is 15. The quantitative estimate of drug-likeness (QED) is 0.0731. The molecular weight excluding hydrogens is 1630 g/mol. The number of carbonyl (C=O) groups excluding carboxylic acids is 15. The van der Waals surface area contributed by atoms with Crippen molar-refractivity contribution in [2.45, 2.75) is 199 Å². The van der Waals surface area contributed by atoms with Crippen molar-refractivity contribution in [3.8, 4) is 0 Å². The topological polar surface area (TPSA) is 398 Å². The third kappa shape index (κ3) is 64.6. The number of amides is 14. The molecule has 4 atom stereocenters. The zero-order valence-electron chi connectivity index (χ0n) is 78.6. The second-order valence-electron chi connectivity index (χ2n) is 35.0. The van der Waals surface area contributed by atoms with Crippen LogP contribution in [0.1, 0.15) is 193 Å². The zero-order valence-corrected chi connectivity index (χ0v) is 78.6. The fourth-order valence-corrected chi connectivity index (χ4v) is 14.7. The van der Waals surface area contributed by atoms with Gasteiger partial charge in [-0.2, -0.15) is 0 Å². The Morgan fingerprint density at radius 3 is 1.02 bits per heavy atom. The zero-order chi connectivity index (χ0) is 94.5. The van der Waals surface area contributed by atoms with Gasteiger partial charge in [0.15, 0.2) is 0 Å². The fourth-order valence-electron chi connectivity index (χ4n) is 14.7. The number of piperidine rings is 10. The van der Waals surface area contributed by atoms with Crippen molar-refractivity contribution in [2.75, 3.05) is 232 Å². The minimum Gasteiger partial charge on any atom is -0.396 e. The Labute approximate surface area is 759 Å². The molecule has 13 rings (SSSR count). The monoisotopic (exact) mass is 1800 g/mol. The van der Waals surface area contributed by atoms with E-state index in [-0.39, 0.29) is 31.2 Å². The largest absolute Gasteiger partial charge is 0.396 e. The number of β-amino-alcohol motifs (C(OH)–C–C–N with tert-alkyl or cyclic N) is 1. The molecule has 1 aromatic carbocycles. The van der Waals surface area contributed by atoms with Gasteiger partial charge >= 0.3 is 0 Å². The van der Waals surface area contributed by atoms with E-state index in [1.54, 1.807) is 46.2 Å². The maximum Gasteiger partial charge on any atom is 0.209 e. The first-order valence-corrected chi connectivity index (χ1v) is 46.4. The number of ketones is 1. The highest BCUT2D eigenvalue weighted by atomic mass is 16.3.